The number of fused-ring (bicyclic) bond motifs is 1. The Bertz CT molecular complexity index is 417. The van der Waals surface area contributed by atoms with Gasteiger partial charge in [-0.25, -0.2) is 0 Å². The Balaban J connectivity index is 1.88. The summed E-state index contributed by atoms with van der Waals surface area (Å²) in [7, 11) is 0. The molecule has 0 fully saturated rings. The summed E-state index contributed by atoms with van der Waals surface area (Å²) in [4.78, 5) is 11.8. The number of nitrogens with one attached hydrogen (secondary N) is 1. The molecule has 0 spiro atoms. The second-order valence-corrected chi connectivity index (χ2v) is 5.32. The lowest BCUT2D eigenvalue weighted by Crippen LogP contribution is -2.39. The first kappa shape index (κ1) is 13.1. The van der Waals surface area contributed by atoms with Crippen molar-refractivity contribution in [2.75, 3.05) is 6.54 Å². The molecule has 18 heavy (non-hydrogen) atoms. The Morgan fingerprint density at radius 2 is 2.17 bits per heavy atom. The highest BCUT2D eigenvalue weighted by Gasteiger charge is 2.20. The molecule has 0 aliphatic heterocycles. The summed E-state index contributed by atoms with van der Waals surface area (Å²) in [6.07, 6.45) is 3.60. The van der Waals surface area contributed by atoms with Crippen LogP contribution < -0.4 is 11.1 Å². The molecule has 3 heteroatoms. The van der Waals surface area contributed by atoms with Crippen LogP contribution in [-0.2, 0) is 17.6 Å². The lowest BCUT2D eigenvalue weighted by Gasteiger charge is -2.25. The van der Waals surface area contributed by atoms with Gasteiger partial charge in [-0.1, -0.05) is 31.2 Å². The number of nitrogens with two attached hydrogens (primary N) is 1. The van der Waals surface area contributed by atoms with Gasteiger partial charge < -0.3 is 11.1 Å². The molecule has 0 radical (unpaired) electrons. The Morgan fingerprint density at radius 1 is 1.44 bits per heavy atom. The fourth-order valence-electron chi connectivity index (χ4n) is 2.51. The predicted octanol–water partition coefficient (Wildman–Crippen LogP) is 1.65. The van der Waals surface area contributed by atoms with Crippen LogP contribution >= 0.6 is 0 Å². The van der Waals surface area contributed by atoms with Crippen LogP contribution in [0.25, 0.3) is 0 Å². The molecule has 0 saturated carbocycles. The fraction of sp³-hybridized carbons (Fsp3) is 0.533. The van der Waals surface area contributed by atoms with Gasteiger partial charge in [0.15, 0.2) is 0 Å². The third kappa shape index (κ3) is 3.33. The molecule has 0 heterocycles. The maximum Gasteiger partial charge on any atom is 0.220 e. The van der Waals surface area contributed by atoms with E-state index in [0.717, 1.165) is 19.3 Å². The van der Waals surface area contributed by atoms with E-state index in [1.165, 1.54) is 11.1 Å². The van der Waals surface area contributed by atoms with Crippen molar-refractivity contribution in [1.82, 2.24) is 5.32 Å². The maximum atomic E-state index is 11.8. The second-order valence-electron chi connectivity index (χ2n) is 5.32. The van der Waals surface area contributed by atoms with Gasteiger partial charge in [0.25, 0.3) is 0 Å². The number of amides is 1. The van der Waals surface area contributed by atoms with Crippen LogP contribution in [0.5, 0.6) is 0 Å². The second kappa shape index (κ2) is 6.01. The molecule has 1 aliphatic carbocycles. The number of hydrogen-bond acceptors (Lipinski definition) is 2. The van der Waals surface area contributed by atoms with E-state index in [0.29, 0.717) is 13.0 Å². The average molecular weight is 246 g/mol. The largest absolute Gasteiger partial charge is 0.353 e. The van der Waals surface area contributed by atoms with E-state index in [1.54, 1.807) is 0 Å². The first-order valence-electron chi connectivity index (χ1n) is 6.75. The molecule has 1 aromatic rings. The first-order chi connectivity index (χ1) is 8.69. The number of rotatable bonds is 4. The summed E-state index contributed by atoms with van der Waals surface area (Å²) >= 11 is 0. The SMILES string of the molecule is CC(CN)CC(=O)NC1CCc2ccccc2C1. The summed E-state index contributed by atoms with van der Waals surface area (Å²) in [6, 6.07) is 8.79. The minimum Gasteiger partial charge on any atom is -0.353 e. The fourth-order valence-corrected chi connectivity index (χ4v) is 2.51. The molecule has 98 valence electrons. The minimum absolute atomic E-state index is 0.136. The molecule has 2 rings (SSSR count). The average Bonchev–Trinajstić information content (AvgIpc) is 2.38. The first-order valence-corrected chi connectivity index (χ1v) is 6.75. The zero-order chi connectivity index (χ0) is 13.0. The van der Waals surface area contributed by atoms with Crippen LogP contribution in [-0.4, -0.2) is 18.5 Å². The molecule has 0 aromatic heterocycles. The molecule has 3 N–H and O–H groups in total. The van der Waals surface area contributed by atoms with Crippen molar-refractivity contribution in [3.8, 4) is 0 Å². The Hall–Kier alpha value is -1.35. The zero-order valence-electron chi connectivity index (χ0n) is 11.0. The minimum atomic E-state index is 0.136. The van der Waals surface area contributed by atoms with Crippen LogP contribution in [0.3, 0.4) is 0 Å². The summed E-state index contributed by atoms with van der Waals surface area (Å²) in [5, 5.41) is 3.13. The van der Waals surface area contributed by atoms with Crippen LogP contribution in [0, 0.1) is 5.92 Å². The lowest BCUT2D eigenvalue weighted by atomic mass is 9.88. The number of carbonyl (C=O) groups is 1. The predicted molar refractivity (Wildman–Crippen MR) is 73.2 cm³/mol. The van der Waals surface area contributed by atoms with Crippen molar-refractivity contribution in [1.29, 1.82) is 0 Å². The molecular formula is C15H22N2O. The van der Waals surface area contributed by atoms with Crippen LogP contribution in [0.2, 0.25) is 0 Å². The van der Waals surface area contributed by atoms with Gasteiger partial charge in [0, 0.05) is 12.5 Å². The van der Waals surface area contributed by atoms with Crippen molar-refractivity contribution in [3.63, 3.8) is 0 Å². The molecule has 3 nitrogen and oxygen atoms in total. The van der Waals surface area contributed by atoms with Gasteiger partial charge in [-0.05, 0) is 42.9 Å². The topological polar surface area (TPSA) is 55.1 Å². The standard InChI is InChI=1S/C15H22N2O/c1-11(10-16)8-15(18)17-14-7-6-12-4-2-3-5-13(12)9-14/h2-5,11,14H,6-10,16H2,1H3,(H,17,18). The van der Waals surface area contributed by atoms with Crippen molar-refractivity contribution >= 4 is 5.91 Å². The van der Waals surface area contributed by atoms with Crippen molar-refractivity contribution < 1.29 is 4.79 Å². The zero-order valence-corrected chi connectivity index (χ0v) is 11.0. The molecular weight excluding hydrogens is 224 g/mol. The van der Waals surface area contributed by atoms with E-state index in [9.17, 15) is 4.79 Å². The number of carbonyl (C=O) groups excluding carboxylic acids is 1. The normalized spacial score (nSPS) is 20.0. The number of benzene rings is 1. The van der Waals surface area contributed by atoms with E-state index in [2.05, 4.69) is 29.6 Å². The van der Waals surface area contributed by atoms with E-state index in [1.807, 2.05) is 6.92 Å². The van der Waals surface area contributed by atoms with Crippen molar-refractivity contribution in [3.05, 3.63) is 35.4 Å². The molecule has 1 amide bonds. The van der Waals surface area contributed by atoms with Gasteiger partial charge in [0.05, 0.1) is 0 Å². The molecule has 1 aromatic carbocycles. The van der Waals surface area contributed by atoms with E-state index >= 15 is 0 Å². The Morgan fingerprint density at radius 3 is 2.89 bits per heavy atom. The molecule has 0 saturated heterocycles. The van der Waals surface area contributed by atoms with Gasteiger partial charge in [-0.3, -0.25) is 4.79 Å². The Kier molecular flexibility index (Phi) is 4.37. The van der Waals surface area contributed by atoms with Gasteiger partial charge in [0.1, 0.15) is 0 Å². The molecule has 1 aliphatic rings. The highest BCUT2D eigenvalue weighted by Crippen LogP contribution is 2.21. The van der Waals surface area contributed by atoms with Crippen LogP contribution in [0.15, 0.2) is 24.3 Å². The molecule has 2 atom stereocenters. The highest BCUT2D eigenvalue weighted by molar-refractivity contribution is 5.76. The summed E-state index contributed by atoms with van der Waals surface area (Å²) < 4.78 is 0. The quantitative estimate of drug-likeness (QED) is 0.848. The van der Waals surface area contributed by atoms with Gasteiger partial charge in [0.2, 0.25) is 5.91 Å². The molecule has 2 unspecified atom stereocenters. The van der Waals surface area contributed by atoms with Gasteiger partial charge in [-0.2, -0.15) is 0 Å². The van der Waals surface area contributed by atoms with E-state index < -0.39 is 0 Å². The van der Waals surface area contributed by atoms with Crippen LogP contribution in [0.4, 0.5) is 0 Å². The summed E-state index contributed by atoms with van der Waals surface area (Å²) in [6.45, 7) is 2.58. The smallest absolute Gasteiger partial charge is 0.220 e. The van der Waals surface area contributed by atoms with E-state index in [-0.39, 0.29) is 17.9 Å². The summed E-state index contributed by atoms with van der Waals surface area (Å²) in [5.74, 6) is 0.401. The highest BCUT2D eigenvalue weighted by atomic mass is 16.1. The lowest BCUT2D eigenvalue weighted by molar-refractivity contribution is -0.122. The Labute approximate surface area is 109 Å². The van der Waals surface area contributed by atoms with Gasteiger partial charge >= 0.3 is 0 Å². The third-order valence-electron chi connectivity index (χ3n) is 3.65. The molecule has 0 bridgehead atoms. The van der Waals surface area contributed by atoms with Crippen LogP contribution in [0.1, 0.15) is 30.9 Å². The van der Waals surface area contributed by atoms with Crippen molar-refractivity contribution in [2.24, 2.45) is 11.7 Å². The number of hydrogen-bond donors (Lipinski definition) is 2. The third-order valence-corrected chi connectivity index (χ3v) is 3.65. The number of aryl methyl sites for hydroxylation is 1. The van der Waals surface area contributed by atoms with Gasteiger partial charge in [-0.15, -0.1) is 0 Å². The summed E-state index contributed by atoms with van der Waals surface area (Å²) in [5.41, 5.74) is 8.34. The van der Waals surface area contributed by atoms with Crippen molar-refractivity contribution in [2.45, 2.75) is 38.6 Å². The maximum absolute atomic E-state index is 11.8. The monoisotopic (exact) mass is 246 g/mol. The van der Waals surface area contributed by atoms with E-state index in [4.69, 9.17) is 5.73 Å².